The fourth-order valence-electron chi connectivity index (χ4n) is 18.7. The highest BCUT2D eigenvalue weighted by molar-refractivity contribution is 5.74. The van der Waals surface area contributed by atoms with Gasteiger partial charge in [-0.3, -0.25) is 19.2 Å². The van der Waals surface area contributed by atoms with Crippen molar-refractivity contribution in [2.75, 3.05) is 72.7 Å². The Kier molecular flexibility index (Phi) is 42.4. The third-order valence-electron chi connectivity index (χ3n) is 26.6. The lowest BCUT2D eigenvalue weighted by Gasteiger charge is -2.51. The van der Waals surface area contributed by atoms with E-state index in [0.29, 0.717) is 0 Å². The van der Waals surface area contributed by atoms with Crippen molar-refractivity contribution in [1.82, 2.24) is 21.3 Å². The number of amides is 4. The molecule has 64 nitrogen and oxygen atoms in total. The molecule has 12 fully saturated rings. The molecule has 12 aliphatic rings. The van der Waals surface area contributed by atoms with Gasteiger partial charge in [0.05, 0.1) is 78.8 Å². The molecule has 0 bridgehead atoms. The van der Waals surface area contributed by atoms with E-state index in [1.54, 1.807) is 0 Å². The highest BCUT2D eigenvalue weighted by Crippen LogP contribution is 2.43. The van der Waals surface area contributed by atoms with Crippen LogP contribution in [0.5, 0.6) is 0 Å². The number of hydrogen-bond acceptors (Lipinski definition) is 60. The van der Waals surface area contributed by atoms with Crippen molar-refractivity contribution in [3.8, 4) is 0 Å². The molecule has 64 heteroatoms. The van der Waals surface area contributed by atoms with E-state index in [4.69, 9.17) is 109 Å². The molecule has 1 unspecified atom stereocenters. The summed E-state index contributed by atoms with van der Waals surface area (Å²) in [5.74, 6) is -3.98. The van der Waals surface area contributed by atoms with Gasteiger partial charge in [0.2, 0.25) is 23.6 Å². The molecule has 60 atom stereocenters. The molecule has 0 aromatic heterocycles. The van der Waals surface area contributed by atoms with E-state index >= 15 is 0 Å². The number of nitrogens with one attached hydrogen (secondary N) is 4. The maximum absolute atomic E-state index is 13.4. The Morgan fingerprint density at radius 3 is 0.778 bits per heavy atom. The van der Waals surface area contributed by atoms with E-state index < -0.39 is 465 Å². The van der Waals surface area contributed by atoms with Crippen LogP contribution in [0, 0.1) is 0 Å². The SMILES string of the molecule is CC(=O)N[C@@H]1[C@H](O[C@@H]2[C@@H](O[C@@H]3[C@H](O)[C@H](O[C@H]4[C@H](O)[C@@H](NC(C)=O)[C@H](O[C@H]5[C@H](O)[C@@H](NC(C)=O)C(O)O[C@@H]5CO[C@@H]5O[C@@H](C)[C@@H](O)[C@@H](O)[C@@H]5O)O[C@@H]4CO)O[C@H](CO[C@H]4O[C@H](CO)[C@@H](O)[C@H](O)[C@@H]4O[C@@H]4O[C@H](CO)[C@@H](O[C@@H]5O[C@H](CO)[C@H](O)[C@H](O[C@H]6O[C@H](CO)[C@H](O)[C@H](O)[C@H]6O)[C@H]5O)[C@H](O)[C@H]4NC(C)=O)[C@H]3O)O[C@H](CO)[C@@H](O)[C@@H]2O)O[C@H](CO)[C@@H](O[C@@H]2O[C@H](CO)[C@H](O)[C@H](O[C@H]3O[C@H](CO)[C@H](O)[C@H](O)[C@H]3O)[C@H]2O)[C@@H]1O. The van der Waals surface area contributed by atoms with Crippen LogP contribution in [-0.4, -0.2) is 633 Å². The fourth-order valence-corrected chi connectivity index (χ4v) is 18.7. The molecule has 12 heterocycles. The van der Waals surface area contributed by atoms with Gasteiger partial charge in [-0.2, -0.15) is 0 Å². The summed E-state index contributed by atoms with van der Waals surface area (Å²) >= 11 is 0. The number of aliphatic hydroxyl groups is 33. The Hall–Kier alpha value is -4.36. The molecule has 37 N–H and O–H groups in total. The zero-order valence-corrected chi connectivity index (χ0v) is 77.2. The standard InChI is InChI=1S/C80H134N4O60/c1-17-37(98)49(110)54(115)73(124-17)122-16-32-63(45(106)33(69(121)125-32)81-18(2)94)136-70-34(82-19(3)95)46(107)62(28(12-91)132-70)139-78-59(120)66(142-80-68(53(114)41(102)25(9-88)131-80)144-72-36(84-21(5)97)48(109)61(30(14-93)134-72)138-77-58(119)65(43(104)27(11-90)129-77)141-75-56(117)51(112)39(100)23(7-86)127-75)44(105)31(135-78)15-123-79-67(52(113)40(101)24(8-87)130-79)143-71-35(83-20(4)96)47(108)60(29(13-92)133-71)137-76-57(118)64(42(103)26(10-89)128-76)140-74-55(116)50(111)38(99)22(6-85)126-74/h17,22-80,85-93,98-121H,6-16H2,1-5H3,(H,81,94)(H,82,95)(H,83,96)(H,84,97)/t17-,22+,23+,24+,25+,26+,27+,28+,29+,30+,31+,32+,33+,34+,35+,36-,37+,38-,39-,40+,41+,42-,43-,44+,45+,46+,47+,48+,49+,50-,51-,52-,53-,54-,55+,56+,57+,58+,59-,60+,61+,62+,63+,64-,65-,66-,67-,68-,69?,70-,71-,72-,73+,74+,75+,76-,77-,78-,79-,80+/m0/s1. The largest absolute Gasteiger partial charge is 0.394 e. The van der Waals surface area contributed by atoms with Crippen LogP contribution in [-0.2, 0) is 128 Å². The Labute approximate surface area is 814 Å². The highest BCUT2D eigenvalue weighted by atomic mass is 16.8. The average molecular weight is 2110 g/mol. The Morgan fingerprint density at radius 2 is 0.424 bits per heavy atom. The average Bonchev–Trinajstić information content (AvgIpc) is 0.771. The van der Waals surface area contributed by atoms with Gasteiger partial charge in [-0.15, -0.1) is 0 Å². The van der Waals surface area contributed by atoms with Crippen LogP contribution in [0.4, 0.5) is 0 Å². The topological polar surface area (TPSA) is 996 Å². The predicted octanol–water partition coefficient (Wildman–Crippen LogP) is -25.6. The van der Waals surface area contributed by atoms with Gasteiger partial charge in [-0.1, -0.05) is 0 Å². The molecule has 0 aromatic carbocycles. The Balaban J connectivity index is 0.856. The van der Waals surface area contributed by atoms with Crippen LogP contribution in [0.3, 0.4) is 0 Å². The van der Waals surface area contributed by atoms with Gasteiger partial charge in [0, 0.05) is 27.7 Å². The molecule has 12 rings (SSSR count). The van der Waals surface area contributed by atoms with Crippen molar-refractivity contribution >= 4 is 23.6 Å². The minimum atomic E-state index is -2.71. The van der Waals surface area contributed by atoms with Gasteiger partial charge in [-0.25, -0.2) is 0 Å². The van der Waals surface area contributed by atoms with E-state index in [1.165, 1.54) is 6.92 Å². The lowest BCUT2D eigenvalue weighted by Crippen LogP contribution is -2.71. The van der Waals surface area contributed by atoms with E-state index in [2.05, 4.69) is 21.3 Å². The smallest absolute Gasteiger partial charge is 0.217 e. The first kappa shape index (κ1) is 118. The van der Waals surface area contributed by atoms with Crippen molar-refractivity contribution in [3.63, 3.8) is 0 Å². The monoisotopic (exact) mass is 2110 g/mol. The molecule has 0 aliphatic carbocycles. The van der Waals surface area contributed by atoms with Crippen LogP contribution >= 0.6 is 0 Å². The highest BCUT2D eigenvalue weighted by Gasteiger charge is 2.64. The minimum absolute atomic E-state index is 0.874. The lowest BCUT2D eigenvalue weighted by atomic mass is 9.93. The van der Waals surface area contributed by atoms with Crippen molar-refractivity contribution in [3.05, 3.63) is 0 Å². The molecule has 12 aliphatic heterocycles. The van der Waals surface area contributed by atoms with Gasteiger partial charge in [0.25, 0.3) is 0 Å². The fraction of sp³-hybridized carbons (Fsp3) is 0.950. The zero-order valence-electron chi connectivity index (χ0n) is 77.2. The summed E-state index contributed by atoms with van der Waals surface area (Å²) in [5, 5.41) is 380. The Bertz CT molecular complexity index is 3980. The lowest BCUT2D eigenvalue weighted by molar-refractivity contribution is -0.400. The predicted molar refractivity (Wildman–Crippen MR) is 440 cm³/mol. The summed E-state index contributed by atoms with van der Waals surface area (Å²) in [5.41, 5.74) is 0. The van der Waals surface area contributed by atoms with Gasteiger partial charge < -0.3 is 299 Å². The second-order valence-electron chi connectivity index (χ2n) is 36.6. The quantitative estimate of drug-likeness (QED) is 0.0275. The van der Waals surface area contributed by atoms with Crippen molar-refractivity contribution in [2.45, 2.75) is 403 Å². The molecule has 834 valence electrons. The minimum Gasteiger partial charge on any atom is -0.394 e. The van der Waals surface area contributed by atoms with Crippen LogP contribution < -0.4 is 21.3 Å². The molecule has 12 saturated heterocycles. The molecule has 0 spiro atoms. The second kappa shape index (κ2) is 51.6. The maximum Gasteiger partial charge on any atom is 0.217 e. The summed E-state index contributed by atoms with van der Waals surface area (Å²) in [4.78, 5) is 52.5. The molecule has 144 heavy (non-hydrogen) atoms. The zero-order chi connectivity index (χ0) is 106. The van der Waals surface area contributed by atoms with Crippen molar-refractivity contribution < 1.29 is 297 Å². The maximum atomic E-state index is 13.4. The summed E-state index contributed by atoms with van der Waals surface area (Å²) in [6.45, 7) is -7.77. The number of carbonyl (C=O) groups is 4. The summed E-state index contributed by atoms with van der Waals surface area (Å²) in [6, 6.07) is -8.05. The van der Waals surface area contributed by atoms with Crippen molar-refractivity contribution in [1.29, 1.82) is 0 Å². The van der Waals surface area contributed by atoms with Gasteiger partial charge >= 0.3 is 0 Å². The third kappa shape index (κ3) is 25.8. The molecule has 4 amide bonds. The van der Waals surface area contributed by atoms with Crippen LogP contribution in [0.2, 0.25) is 0 Å². The molecular weight excluding hydrogens is 1980 g/mol. The van der Waals surface area contributed by atoms with Gasteiger partial charge in [0.15, 0.2) is 75.5 Å². The molecular formula is C80H134N4O60. The number of ether oxygens (including phenoxy) is 23. The van der Waals surface area contributed by atoms with E-state index in [0.717, 1.165) is 27.7 Å². The third-order valence-corrected chi connectivity index (χ3v) is 26.6. The van der Waals surface area contributed by atoms with Crippen molar-refractivity contribution in [2.24, 2.45) is 0 Å². The first-order valence-corrected chi connectivity index (χ1v) is 46.0. The summed E-state index contributed by atoms with van der Waals surface area (Å²) < 4.78 is 137. The van der Waals surface area contributed by atoms with E-state index in [1.807, 2.05) is 0 Å². The summed E-state index contributed by atoms with van der Waals surface area (Å²) in [6.07, 6.45) is -120. The first-order valence-electron chi connectivity index (χ1n) is 46.0. The van der Waals surface area contributed by atoms with E-state index in [-0.39, 0.29) is 0 Å². The summed E-state index contributed by atoms with van der Waals surface area (Å²) in [7, 11) is 0. The first-order chi connectivity index (χ1) is 68.1. The number of carbonyl (C=O) groups excluding carboxylic acids is 4. The number of hydrogen-bond donors (Lipinski definition) is 37. The van der Waals surface area contributed by atoms with Gasteiger partial charge in [0.1, 0.15) is 287 Å². The molecule has 0 saturated carbocycles. The van der Waals surface area contributed by atoms with E-state index in [9.17, 15) is 188 Å². The van der Waals surface area contributed by atoms with Crippen LogP contribution in [0.25, 0.3) is 0 Å². The van der Waals surface area contributed by atoms with Gasteiger partial charge in [-0.05, 0) is 6.92 Å². The molecule has 0 radical (unpaired) electrons. The molecule has 0 aromatic rings. The van der Waals surface area contributed by atoms with Crippen LogP contribution in [0.1, 0.15) is 34.6 Å². The normalized spacial score (nSPS) is 50.4. The Morgan fingerprint density at radius 1 is 0.194 bits per heavy atom. The number of aliphatic hydroxyl groups excluding tert-OH is 33. The second-order valence-corrected chi connectivity index (χ2v) is 36.6. The van der Waals surface area contributed by atoms with Crippen LogP contribution in [0.15, 0.2) is 0 Å². The number of rotatable bonds is 37.